The quantitative estimate of drug-likeness (QED) is 0.618. The van der Waals surface area contributed by atoms with Crippen molar-refractivity contribution in [2.75, 3.05) is 40.9 Å². The van der Waals surface area contributed by atoms with Crippen LogP contribution >= 0.6 is 0 Å². The Balaban J connectivity index is 1.84. The number of methoxy groups -OCH3 is 5. The van der Waals surface area contributed by atoms with Crippen molar-refractivity contribution in [2.45, 2.75) is 6.04 Å². The molecule has 0 saturated carbocycles. The fourth-order valence-corrected chi connectivity index (χ4v) is 3.62. The molecule has 31 heavy (non-hydrogen) atoms. The summed E-state index contributed by atoms with van der Waals surface area (Å²) in [5, 5.41) is 7.73. The molecule has 0 spiro atoms. The van der Waals surface area contributed by atoms with Crippen molar-refractivity contribution in [1.82, 2.24) is 14.8 Å². The number of rotatable bonds is 7. The van der Waals surface area contributed by atoms with Gasteiger partial charge in [0.15, 0.2) is 23.0 Å². The highest BCUT2D eigenvalue weighted by Crippen LogP contribution is 2.42. The number of hydrogen-bond acceptors (Lipinski definition) is 8. The van der Waals surface area contributed by atoms with Gasteiger partial charge in [0.25, 0.3) is 0 Å². The molecule has 0 radical (unpaired) electrons. The average Bonchev–Trinajstić information content (AvgIpc) is 3.30. The molecule has 4 rings (SSSR count). The third-order valence-corrected chi connectivity index (χ3v) is 5.13. The van der Waals surface area contributed by atoms with Crippen molar-refractivity contribution in [3.05, 3.63) is 53.9 Å². The molecule has 0 fully saturated rings. The van der Waals surface area contributed by atoms with E-state index in [0.29, 0.717) is 34.7 Å². The summed E-state index contributed by atoms with van der Waals surface area (Å²) in [5.41, 5.74) is 2.69. The Morgan fingerprint density at radius 2 is 1.48 bits per heavy atom. The Bertz CT molecular complexity index is 1100. The van der Waals surface area contributed by atoms with E-state index in [9.17, 15) is 0 Å². The molecular weight excluding hydrogens is 400 g/mol. The normalized spacial score (nSPS) is 14.7. The number of hydrogen-bond donors (Lipinski definition) is 1. The van der Waals surface area contributed by atoms with E-state index < -0.39 is 0 Å². The van der Waals surface area contributed by atoms with Gasteiger partial charge < -0.3 is 29.0 Å². The first kappa shape index (κ1) is 20.4. The van der Waals surface area contributed by atoms with Crippen molar-refractivity contribution < 1.29 is 23.7 Å². The van der Waals surface area contributed by atoms with Crippen LogP contribution in [0.25, 0.3) is 5.70 Å². The second-order valence-electron chi connectivity index (χ2n) is 6.71. The van der Waals surface area contributed by atoms with E-state index in [4.69, 9.17) is 23.7 Å². The van der Waals surface area contributed by atoms with Crippen molar-refractivity contribution in [3.63, 3.8) is 0 Å². The van der Waals surface area contributed by atoms with Gasteiger partial charge in [0.05, 0.1) is 35.5 Å². The number of allylic oxidation sites excluding steroid dienone is 1. The molecule has 2 aromatic carbocycles. The van der Waals surface area contributed by atoms with Crippen LogP contribution in [0.2, 0.25) is 0 Å². The van der Waals surface area contributed by atoms with Gasteiger partial charge in [-0.2, -0.15) is 10.1 Å². The second-order valence-corrected chi connectivity index (χ2v) is 6.71. The Hall–Kier alpha value is -3.88. The molecule has 1 N–H and O–H groups in total. The van der Waals surface area contributed by atoms with Crippen LogP contribution in [0.3, 0.4) is 0 Å². The summed E-state index contributed by atoms with van der Waals surface area (Å²) in [6.45, 7) is 0. The molecule has 1 unspecified atom stereocenters. The highest BCUT2D eigenvalue weighted by molar-refractivity contribution is 5.78. The van der Waals surface area contributed by atoms with Crippen molar-refractivity contribution in [2.24, 2.45) is 0 Å². The van der Waals surface area contributed by atoms with E-state index in [1.807, 2.05) is 30.3 Å². The summed E-state index contributed by atoms with van der Waals surface area (Å²) in [4.78, 5) is 4.36. The van der Waals surface area contributed by atoms with Gasteiger partial charge >= 0.3 is 0 Å². The predicted molar refractivity (Wildman–Crippen MR) is 115 cm³/mol. The monoisotopic (exact) mass is 424 g/mol. The van der Waals surface area contributed by atoms with E-state index in [1.165, 1.54) is 6.33 Å². The molecule has 1 aliphatic heterocycles. The first-order valence-corrected chi connectivity index (χ1v) is 9.54. The molecule has 1 atom stereocenters. The number of nitrogens with zero attached hydrogens (tertiary/aromatic N) is 3. The fraction of sp³-hybridized carbons (Fsp3) is 0.273. The molecule has 9 heteroatoms. The van der Waals surface area contributed by atoms with E-state index in [2.05, 4.69) is 21.5 Å². The van der Waals surface area contributed by atoms with Crippen LogP contribution in [0, 0.1) is 0 Å². The molecule has 1 aliphatic rings. The van der Waals surface area contributed by atoms with Gasteiger partial charge in [-0.25, -0.2) is 4.68 Å². The third kappa shape index (κ3) is 3.58. The Morgan fingerprint density at radius 1 is 0.806 bits per heavy atom. The van der Waals surface area contributed by atoms with Gasteiger partial charge in [0.1, 0.15) is 12.4 Å². The summed E-state index contributed by atoms with van der Waals surface area (Å²) >= 11 is 0. The molecule has 2 heterocycles. The number of ether oxygens (including phenoxy) is 5. The fourth-order valence-electron chi connectivity index (χ4n) is 3.62. The van der Waals surface area contributed by atoms with Crippen molar-refractivity contribution in [3.8, 4) is 28.7 Å². The third-order valence-electron chi connectivity index (χ3n) is 5.13. The lowest BCUT2D eigenvalue weighted by Gasteiger charge is -2.25. The van der Waals surface area contributed by atoms with Gasteiger partial charge in [-0.05, 0) is 42.0 Å². The zero-order chi connectivity index (χ0) is 22.0. The van der Waals surface area contributed by atoms with Crippen LogP contribution in [-0.4, -0.2) is 50.3 Å². The van der Waals surface area contributed by atoms with Gasteiger partial charge in [-0.1, -0.05) is 0 Å². The molecule has 9 nitrogen and oxygen atoms in total. The summed E-state index contributed by atoms with van der Waals surface area (Å²) < 4.78 is 29.1. The molecular formula is C22H24N4O5. The maximum absolute atomic E-state index is 5.53. The largest absolute Gasteiger partial charge is 0.493 e. The predicted octanol–water partition coefficient (Wildman–Crippen LogP) is 3.38. The minimum absolute atomic E-state index is 0.254. The second kappa shape index (κ2) is 8.47. The van der Waals surface area contributed by atoms with E-state index in [0.717, 1.165) is 16.8 Å². The molecule has 0 aliphatic carbocycles. The maximum atomic E-state index is 5.53. The highest BCUT2D eigenvalue weighted by atomic mass is 16.5. The minimum atomic E-state index is -0.254. The van der Waals surface area contributed by atoms with Gasteiger partial charge in [0.2, 0.25) is 11.7 Å². The summed E-state index contributed by atoms with van der Waals surface area (Å²) in [5.74, 6) is 3.58. The first-order valence-electron chi connectivity index (χ1n) is 9.54. The van der Waals surface area contributed by atoms with Crippen molar-refractivity contribution >= 4 is 11.6 Å². The molecule has 162 valence electrons. The van der Waals surface area contributed by atoms with Crippen LogP contribution < -0.4 is 29.0 Å². The highest BCUT2D eigenvalue weighted by Gasteiger charge is 2.26. The maximum Gasteiger partial charge on any atom is 0.226 e. The Kier molecular flexibility index (Phi) is 5.57. The average molecular weight is 424 g/mol. The Labute approximate surface area is 180 Å². The molecule has 0 saturated heterocycles. The van der Waals surface area contributed by atoms with Gasteiger partial charge in [-0.15, -0.1) is 0 Å². The van der Waals surface area contributed by atoms with Gasteiger partial charge in [0, 0.05) is 11.3 Å². The van der Waals surface area contributed by atoms with Gasteiger partial charge in [-0.3, -0.25) is 0 Å². The summed E-state index contributed by atoms with van der Waals surface area (Å²) in [7, 11) is 7.98. The van der Waals surface area contributed by atoms with Crippen LogP contribution in [0.5, 0.6) is 28.7 Å². The standard InChI is InChI=1S/C22H24N4O5/c1-27-17-7-6-13(8-18(17)28-2)15-11-16(26-22(25-15)23-12-24-26)14-9-19(29-3)21(31-5)20(10-14)30-4/h6-12,16H,1-5H3,(H,23,24,25). The summed E-state index contributed by atoms with van der Waals surface area (Å²) in [6.07, 6.45) is 3.57. The lowest BCUT2D eigenvalue weighted by Crippen LogP contribution is -2.20. The molecule has 1 aromatic heterocycles. The molecule has 3 aromatic rings. The zero-order valence-corrected chi connectivity index (χ0v) is 18.0. The number of fused-ring (bicyclic) bond motifs is 1. The van der Waals surface area contributed by atoms with Crippen LogP contribution in [0.1, 0.15) is 17.2 Å². The van der Waals surface area contributed by atoms with Crippen LogP contribution in [0.15, 0.2) is 42.7 Å². The van der Waals surface area contributed by atoms with E-state index in [1.54, 1.807) is 40.2 Å². The lowest BCUT2D eigenvalue weighted by molar-refractivity contribution is 0.323. The minimum Gasteiger partial charge on any atom is -0.493 e. The van der Waals surface area contributed by atoms with E-state index >= 15 is 0 Å². The van der Waals surface area contributed by atoms with Crippen molar-refractivity contribution in [1.29, 1.82) is 0 Å². The number of anilines is 1. The zero-order valence-electron chi connectivity index (χ0n) is 18.0. The molecule has 0 amide bonds. The Morgan fingerprint density at radius 3 is 2.10 bits per heavy atom. The van der Waals surface area contributed by atoms with Crippen LogP contribution in [-0.2, 0) is 0 Å². The number of benzene rings is 2. The lowest BCUT2D eigenvalue weighted by atomic mass is 10.0. The smallest absolute Gasteiger partial charge is 0.226 e. The number of nitrogens with one attached hydrogen (secondary N) is 1. The summed E-state index contributed by atoms with van der Waals surface area (Å²) in [6, 6.07) is 9.30. The van der Waals surface area contributed by atoms with Crippen LogP contribution in [0.4, 0.5) is 5.95 Å². The van der Waals surface area contributed by atoms with E-state index in [-0.39, 0.29) is 6.04 Å². The topological polar surface area (TPSA) is 88.9 Å². The number of aromatic nitrogens is 3. The first-order chi connectivity index (χ1) is 15.1. The SMILES string of the molecule is COc1ccc(C2=CC(c3cc(OC)c(OC)c(OC)c3)n3ncnc3N2)cc1OC. The molecule has 0 bridgehead atoms.